The second-order valence-electron chi connectivity index (χ2n) is 13.7. The molecule has 0 radical (unpaired) electrons. The lowest BCUT2D eigenvalue weighted by Gasteiger charge is -2.37. The molecule has 1 aromatic heterocycles. The molecule has 1 saturated heterocycles. The number of rotatable bonds is 18. The van der Waals surface area contributed by atoms with Crippen molar-refractivity contribution in [2.75, 3.05) is 51.3 Å². The van der Waals surface area contributed by atoms with Crippen molar-refractivity contribution in [3.05, 3.63) is 117 Å². The number of alkyl carbamates (subject to hydrolysis) is 1. The van der Waals surface area contributed by atoms with E-state index in [1.807, 2.05) is 66.7 Å². The predicted octanol–water partition coefficient (Wildman–Crippen LogP) is 5.70. The Hall–Kier alpha value is -5.35. The first-order chi connectivity index (χ1) is 28.1. The fourth-order valence-corrected chi connectivity index (χ4v) is 7.82. The van der Waals surface area contributed by atoms with Gasteiger partial charge in [-0.3, -0.25) is 14.6 Å². The van der Waals surface area contributed by atoms with Crippen LogP contribution < -0.4 is 30.9 Å². The highest BCUT2D eigenvalue weighted by molar-refractivity contribution is 9.11. The van der Waals surface area contributed by atoms with Crippen molar-refractivity contribution in [3.8, 4) is 11.5 Å². The molecule has 2 heterocycles. The molecule has 14 nitrogen and oxygen atoms in total. The van der Waals surface area contributed by atoms with Crippen LogP contribution in [-0.2, 0) is 33.8 Å². The maximum atomic E-state index is 14.2. The molecule has 4 aromatic rings. The second kappa shape index (κ2) is 22.6. The summed E-state index contributed by atoms with van der Waals surface area (Å²) in [4.78, 5) is 62.0. The summed E-state index contributed by atoms with van der Waals surface area (Å²) in [5.74, 6) is -0.0659. The molecule has 0 unspecified atom stereocenters. The topological polar surface area (TPSA) is 174 Å². The van der Waals surface area contributed by atoms with Gasteiger partial charge in [-0.2, -0.15) is 0 Å². The molecule has 1 fully saturated rings. The molecule has 5 N–H and O–H groups in total. The number of carbonyl (C=O) groups excluding carboxylic acids is 4. The number of nitrogens with one attached hydrogen (secondary N) is 4. The minimum Gasteiger partial charge on any atom is -0.506 e. The van der Waals surface area contributed by atoms with Gasteiger partial charge in [0.15, 0.2) is 0 Å². The minimum atomic E-state index is -1.09. The number of para-hydroxylation sites is 1. The van der Waals surface area contributed by atoms with Crippen LogP contribution in [0.5, 0.6) is 11.5 Å². The van der Waals surface area contributed by atoms with Gasteiger partial charge in [-0.25, -0.2) is 9.59 Å². The van der Waals surface area contributed by atoms with Crippen molar-refractivity contribution in [2.24, 2.45) is 0 Å². The number of amides is 5. The van der Waals surface area contributed by atoms with Crippen molar-refractivity contribution in [1.82, 2.24) is 31.2 Å². The summed E-state index contributed by atoms with van der Waals surface area (Å²) in [7, 11) is 1.59. The van der Waals surface area contributed by atoms with Crippen molar-refractivity contribution >= 4 is 61.5 Å². The summed E-state index contributed by atoms with van der Waals surface area (Å²) in [5, 5.41) is 21.7. The molecule has 0 saturated carbocycles. The molecular formula is C42H49Br2N7O7. The lowest BCUT2D eigenvalue weighted by Crippen LogP contribution is -2.58. The third-order valence-electron chi connectivity index (χ3n) is 9.65. The first-order valence-corrected chi connectivity index (χ1v) is 20.7. The van der Waals surface area contributed by atoms with Crippen LogP contribution in [0.25, 0.3) is 0 Å². The van der Waals surface area contributed by atoms with Crippen LogP contribution in [0.15, 0.2) is 100 Å². The van der Waals surface area contributed by atoms with Gasteiger partial charge < -0.3 is 45.6 Å². The number of methoxy groups -OCH3 is 1. The van der Waals surface area contributed by atoms with E-state index in [1.54, 1.807) is 36.5 Å². The number of phenols is 1. The Kier molecular flexibility index (Phi) is 17.0. The number of pyridine rings is 1. The Balaban J connectivity index is 1.25. The molecule has 1 aliphatic heterocycles. The van der Waals surface area contributed by atoms with Crippen LogP contribution >= 0.6 is 31.9 Å². The van der Waals surface area contributed by atoms with E-state index in [-0.39, 0.29) is 31.2 Å². The Morgan fingerprint density at radius 3 is 2.21 bits per heavy atom. The highest BCUT2D eigenvalue weighted by atomic mass is 79.9. The van der Waals surface area contributed by atoms with E-state index in [2.05, 4.69) is 63.0 Å². The third-order valence-corrected chi connectivity index (χ3v) is 10.9. The number of unbranched alkanes of at least 4 members (excludes halogenated alkanes) is 1. The quantitative estimate of drug-likeness (QED) is 0.0785. The largest absolute Gasteiger partial charge is 0.506 e. The molecule has 5 amide bonds. The van der Waals surface area contributed by atoms with Crippen LogP contribution in [-0.4, -0.2) is 97.4 Å². The van der Waals surface area contributed by atoms with Gasteiger partial charge in [0, 0.05) is 63.8 Å². The molecule has 16 heteroatoms. The van der Waals surface area contributed by atoms with E-state index in [4.69, 9.17) is 9.47 Å². The van der Waals surface area contributed by atoms with Crippen molar-refractivity contribution in [3.63, 3.8) is 0 Å². The number of carbonyl (C=O) groups is 4. The summed E-state index contributed by atoms with van der Waals surface area (Å²) in [6, 6.07) is 21.5. The predicted molar refractivity (Wildman–Crippen MR) is 228 cm³/mol. The summed E-state index contributed by atoms with van der Waals surface area (Å²) < 4.78 is 11.6. The molecule has 0 aliphatic carbocycles. The van der Waals surface area contributed by atoms with Crippen molar-refractivity contribution < 1.29 is 33.8 Å². The molecule has 3 aromatic carbocycles. The molecule has 58 heavy (non-hydrogen) atoms. The Bertz CT molecular complexity index is 1950. The lowest BCUT2D eigenvalue weighted by atomic mass is 10.0. The zero-order valence-corrected chi connectivity index (χ0v) is 35.5. The average Bonchev–Trinajstić information content (AvgIpc) is 3.24. The van der Waals surface area contributed by atoms with Gasteiger partial charge in [-0.15, -0.1) is 0 Å². The summed E-state index contributed by atoms with van der Waals surface area (Å²) in [6.07, 6.45) is 4.81. The summed E-state index contributed by atoms with van der Waals surface area (Å²) in [6.45, 7) is 2.86. The van der Waals surface area contributed by atoms with E-state index in [0.717, 1.165) is 16.8 Å². The number of anilines is 1. The third kappa shape index (κ3) is 13.4. The number of nitrogens with zero attached hydrogens (tertiary/aromatic N) is 3. The molecule has 2 atom stereocenters. The number of halogens is 2. The molecular weight excluding hydrogens is 874 g/mol. The fourth-order valence-electron chi connectivity index (χ4n) is 6.54. The van der Waals surface area contributed by atoms with E-state index in [0.29, 0.717) is 78.7 Å². The summed E-state index contributed by atoms with van der Waals surface area (Å²) in [5.41, 5.74) is 3.46. The van der Waals surface area contributed by atoms with E-state index < -0.39 is 30.1 Å². The highest BCUT2D eigenvalue weighted by Gasteiger charge is 2.31. The van der Waals surface area contributed by atoms with Gasteiger partial charge in [-0.1, -0.05) is 48.5 Å². The van der Waals surface area contributed by atoms with Crippen LogP contribution in [0, 0.1) is 0 Å². The number of urea groups is 1. The van der Waals surface area contributed by atoms with Crippen molar-refractivity contribution in [1.29, 1.82) is 0 Å². The Morgan fingerprint density at radius 1 is 0.810 bits per heavy atom. The number of piperazine rings is 1. The van der Waals surface area contributed by atoms with Gasteiger partial charge in [0.25, 0.3) is 0 Å². The molecule has 5 rings (SSSR count). The first kappa shape index (κ1) is 43.8. The number of phenolic OH excluding ortho intramolecular Hbond substituents is 1. The normalized spacial score (nSPS) is 13.5. The van der Waals surface area contributed by atoms with Gasteiger partial charge in [0.2, 0.25) is 11.8 Å². The zero-order valence-electron chi connectivity index (χ0n) is 32.3. The Morgan fingerprint density at radius 2 is 1.50 bits per heavy atom. The molecule has 0 spiro atoms. The van der Waals surface area contributed by atoms with Crippen LogP contribution in [0.3, 0.4) is 0 Å². The Labute approximate surface area is 355 Å². The number of benzene rings is 3. The number of aromatic hydroxyl groups is 1. The summed E-state index contributed by atoms with van der Waals surface area (Å²) >= 11 is 6.71. The molecule has 1 aliphatic rings. The SMILES string of the molecule is COc1ccccc1CCNC(=O)N[C@H](Cc1cc(Br)c(O)c(Br)c1)C(=O)N[C@@H](CCCCNC(=O)OCc1ccccc1)C(=O)N1CCN(c2ccncc2)CC1. The molecule has 308 valence electrons. The number of hydrogen-bond donors (Lipinski definition) is 5. The smallest absolute Gasteiger partial charge is 0.407 e. The number of aromatic nitrogens is 1. The van der Waals surface area contributed by atoms with E-state index in [9.17, 15) is 24.3 Å². The first-order valence-electron chi connectivity index (χ1n) is 19.1. The van der Waals surface area contributed by atoms with E-state index in [1.165, 1.54) is 0 Å². The number of hydrogen-bond acceptors (Lipinski definition) is 9. The van der Waals surface area contributed by atoms with Gasteiger partial charge >= 0.3 is 12.1 Å². The van der Waals surface area contributed by atoms with Crippen LogP contribution in [0.2, 0.25) is 0 Å². The van der Waals surface area contributed by atoms with Gasteiger partial charge in [0.05, 0.1) is 16.1 Å². The van der Waals surface area contributed by atoms with Crippen molar-refractivity contribution in [2.45, 2.75) is 50.8 Å². The fraction of sp³-hybridized carbons (Fsp3) is 0.357. The number of ether oxygens (including phenoxy) is 2. The van der Waals surface area contributed by atoms with Gasteiger partial charge in [-0.05, 0) is 105 Å². The van der Waals surface area contributed by atoms with Gasteiger partial charge in [0.1, 0.15) is 30.2 Å². The zero-order chi connectivity index (χ0) is 41.3. The van der Waals surface area contributed by atoms with Crippen LogP contribution in [0.1, 0.15) is 36.0 Å². The highest BCUT2D eigenvalue weighted by Crippen LogP contribution is 2.33. The average molecular weight is 924 g/mol. The monoisotopic (exact) mass is 921 g/mol. The maximum Gasteiger partial charge on any atom is 0.407 e. The van der Waals surface area contributed by atoms with E-state index >= 15 is 0 Å². The molecule has 0 bridgehead atoms. The second-order valence-corrected chi connectivity index (χ2v) is 15.4. The van der Waals surface area contributed by atoms with Crippen LogP contribution in [0.4, 0.5) is 15.3 Å². The lowest BCUT2D eigenvalue weighted by molar-refractivity contribution is -0.137. The standard InChI is InChI=1S/C42H49Br2N7O7/c1-57-37-13-6-5-11-31(37)14-20-46-41(55)49-36(27-30-25-33(43)38(52)34(44)26-30)39(53)48-35(12-7-8-17-47-42(56)58-28-29-9-3-2-4-10-29)40(54)51-23-21-50(22-24-51)32-15-18-45-19-16-32/h2-6,9-11,13,15-16,18-19,25-26,35-36,52H,7-8,12,14,17,20-24,27-28H2,1H3,(H,47,56)(H,48,53)(H2,46,49,55)/t35-,36+/m0/s1. The maximum absolute atomic E-state index is 14.2. The minimum absolute atomic E-state index is 0.000398.